The van der Waals surface area contributed by atoms with Crippen molar-refractivity contribution in [2.75, 3.05) is 27.2 Å². The van der Waals surface area contributed by atoms with Gasteiger partial charge in [-0.3, -0.25) is 9.69 Å². The summed E-state index contributed by atoms with van der Waals surface area (Å²) in [6, 6.07) is 13.8. The van der Waals surface area contributed by atoms with Gasteiger partial charge in [0.05, 0.1) is 23.1 Å². The maximum absolute atomic E-state index is 12.9. The second kappa shape index (κ2) is 8.37. The summed E-state index contributed by atoms with van der Waals surface area (Å²) in [5.41, 5.74) is -0.197. The van der Waals surface area contributed by atoms with E-state index in [9.17, 15) is 18.0 Å². The number of benzene rings is 2. The number of carbonyl (C=O) groups excluding carboxylic acids is 2. The van der Waals surface area contributed by atoms with Crippen LogP contribution in [0.5, 0.6) is 5.75 Å². The molecule has 1 atom stereocenters. The Morgan fingerprint density at radius 2 is 1.71 bits per heavy atom. The number of hydrogen-bond donors (Lipinski definition) is 1. The molecule has 0 bridgehead atoms. The van der Waals surface area contributed by atoms with Gasteiger partial charge in [0.25, 0.3) is 5.91 Å². The van der Waals surface area contributed by atoms with E-state index < -0.39 is 27.5 Å². The number of hydrogen-bond acceptors (Lipinski definition) is 6. The maximum atomic E-state index is 12.9. The second-order valence-electron chi connectivity index (χ2n) is 7.31. The largest absolute Gasteiger partial charge is 0.492 e. The molecule has 0 spiro atoms. The van der Waals surface area contributed by atoms with Gasteiger partial charge >= 0.3 is 6.03 Å². The lowest BCUT2D eigenvalue weighted by Crippen LogP contribution is -2.41. The zero-order valence-electron chi connectivity index (χ0n) is 17.3. The predicted molar refractivity (Wildman–Crippen MR) is 112 cm³/mol. The highest BCUT2D eigenvalue weighted by molar-refractivity contribution is 7.89. The average molecular weight is 442 g/mol. The average Bonchev–Trinajstić information content (AvgIpc) is 2.98. The van der Waals surface area contributed by atoms with Gasteiger partial charge in [-0.25, -0.2) is 17.5 Å². The van der Waals surface area contributed by atoms with Crippen molar-refractivity contribution in [1.82, 2.24) is 14.5 Å². The molecule has 9 nitrogen and oxygen atoms in total. The fourth-order valence-electron chi connectivity index (χ4n) is 3.15. The van der Waals surface area contributed by atoms with Crippen LogP contribution < -0.4 is 10.1 Å². The number of nitrogens with zero attached hydrogens (tertiary/aromatic N) is 3. The topological polar surface area (TPSA) is 120 Å². The van der Waals surface area contributed by atoms with Crippen molar-refractivity contribution in [1.29, 1.82) is 5.26 Å². The van der Waals surface area contributed by atoms with E-state index in [0.717, 1.165) is 9.21 Å². The first-order valence-electron chi connectivity index (χ1n) is 9.40. The van der Waals surface area contributed by atoms with Crippen molar-refractivity contribution >= 4 is 22.0 Å². The summed E-state index contributed by atoms with van der Waals surface area (Å²) in [5.74, 6) is -0.00199. The van der Waals surface area contributed by atoms with E-state index in [0.29, 0.717) is 16.9 Å². The van der Waals surface area contributed by atoms with Gasteiger partial charge in [0.1, 0.15) is 17.9 Å². The molecule has 0 saturated carbocycles. The van der Waals surface area contributed by atoms with E-state index in [1.165, 1.54) is 38.4 Å². The number of rotatable bonds is 7. The highest BCUT2D eigenvalue weighted by atomic mass is 32.2. The molecule has 0 aliphatic carbocycles. The molecular weight excluding hydrogens is 420 g/mol. The molecule has 1 fully saturated rings. The lowest BCUT2D eigenvalue weighted by atomic mass is 9.91. The minimum absolute atomic E-state index is 0.0221. The first-order valence-corrected chi connectivity index (χ1v) is 10.8. The Hall–Kier alpha value is -3.42. The van der Waals surface area contributed by atoms with Crippen molar-refractivity contribution in [3.63, 3.8) is 0 Å². The van der Waals surface area contributed by atoms with Gasteiger partial charge in [-0.15, -0.1) is 0 Å². The van der Waals surface area contributed by atoms with Crippen molar-refractivity contribution in [2.45, 2.75) is 17.4 Å². The Labute approximate surface area is 180 Å². The zero-order valence-corrected chi connectivity index (χ0v) is 18.1. The van der Waals surface area contributed by atoms with Crippen LogP contribution in [0.1, 0.15) is 18.1 Å². The smallest absolute Gasteiger partial charge is 0.325 e. The number of imide groups is 1. The first-order chi connectivity index (χ1) is 14.6. The monoisotopic (exact) mass is 442 g/mol. The van der Waals surface area contributed by atoms with E-state index in [-0.39, 0.29) is 18.0 Å². The van der Waals surface area contributed by atoms with Crippen LogP contribution in [0.3, 0.4) is 0 Å². The molecule has 3 rings (SSSR count). The molecule has 1 unspecified atom stereocenters. The van der Waals surface area contributed by atoms with E-state index in [4.69, 9.17) is 10.00 Å². The van der Waals surface area contributed by atoms with Gasteiger partial charge in [-0.2, -0.15) is 5.26 Å². The number of nitrogens with one attached hydrogen (secondary N) is 1. The van der Waals surface area contributed by atoms with Crippen molar-refractivity contribution < 1.29 is 22.7 Å². The second-order valence-corrected chi connectivity index (χ2v) is 9.46. The minimum Gasteiger partial charge on any atom is -0.492 e. The molecular formula is C21H22N4O5S. The molecule has 31 heavy (non-hydrogen) atoms. The van der Waals surface area contributed by atoms with Gasteiger partial charge < -0.3 is 10.1 Å². The fraction of sp³-hybridized carbons (Fsp3) is 0.286. The van der Waals surface area contributed by atoms with Crippen molar-refractivity contribution in [3.8, 4) is 11.8 Å². The first kappa shape index (κ1) is 22.3. The fourth-order valence-corrected chi connectivity index (χ4v) is 4.05. The third kappa shape index (κ3) is 4.23. The summed E-state index contributed by atoms with van der Waals surface area (Å²) < 4.78 is 30.9. The molecule has 1 aliphatic rings. The van der Waals surface area contributed by atoms with E-state index in [1.807, 2.05) is 6.07 Å². The molecule has 1 saturated heterocycles. The molecule has 3 amide bonds. The summed E-state index contributed by atoms with van der Waals surface area (Å²) in [7, 11) is -0.636. The quantitative estimate of drug-likeness (QED) is 0.651. The lowest BCUT2D eigenvalue weighted by molar-refractivity contribution is -0.131. The number of sulfonamides is 1. The highest BCUT2D eigenvalue weighted by Crippen LogP contribution is 2.29. The van der Waals surface area contributed by atoms with Crippen LogP contribution in [0.4, 0.5) is 4.79 Å². The van der Waals surface area contributed by atoms with Gasteiger partial charge in [0.15, 0.2) is 0 Å². The van der Waals surface area contributed by atoms with Gasteiger partial charge in [-0.1, -0.05) is 12.1 Å². The Morgan fingerprint density at radius 3 is 2.26 bits per heavy atom. The summed E-state index contributed by atoms with van der Waals surface area (Å²) in [6.45, 7) is 1.68. The molecule has 2 aromatic carbocycles. The Balaban J connectivity index is 1.64. The maximum Gasteiger partial charge on any atom is 0.325 e. The summed E-state index contributed by atoms with van der Waals surface area (Å²) in [5, 5.41) is 11.6. The normalized spacial score (nSPS) is 18.7. The van der Waals surface area contributed by atoms with Gasteiger partial charge in [-0.05, 0) is 48.9 Å². The van der Waals surface area contributed by atoms with Crippen LogP contribution in [0.15, 0.2) is 53.4 Å². The van der Waals surface area contributed by atoms with Crippen LogP contribution in [0.2, 0.25) is 0 Å². The molecule has 0 aromatic heterocycles. The minimum atomic E-state index is -3.53. The van der Waals surface area contributed by atoms with E-state index in [1.54, 1.807) is 31.2 Å². The number of nitriles is 1. The van der Waals surface area contributed by atoms with Crippen LogP contribution >= 0.6 is 0 Å². The van der Waals surface area contributed by atoms with E-state index in [2.05, 4.69) is 5.32 Å². The Kier molecular flexibility index (Phi) is 6.01. The molecule has 162 valence electrons. The summed E-state index contributed by atoms with van der Waals surface area (Å²) >= 11 is 0. The standard InChI is InChI=1S/C21H22N4O5S/c1-21(16-6-4-15(14-22)5-7-16)19(26)25(20(27)23-21)12-13-30-17-8-10-18(11-9-17)31(28,29)24(2)3/h4-11H,12-13H2,1-3H3,(H,23,27). The Morgan fingerprint density at radius 1 is 1.10 bits per heavy atom. The van der Waals surface area contributed by atoms with Gasteiger partial charge in [0, 0.05) is 14.1 Å². The highest BCUT2D eigenvalue weighted by Gasteiger charge is 2.48. The van der Waals surface area contributed by atoms with Crippen LogP contribution in [-0.4, -0.2) is 56.8 Å². The van der Waals surface area contributed by atoms with Crippen LogP contribution in [0.25, 0.3) is 0 Å². The molecule has 0 radical (unpaired) electrons. The zero-order chi connectivity index (χ0) is 22.8. The van der Waals surface area contributed by atoms with Crippen LogP contribution in [0, 0.1) is 11.3 Å². The molecule has 1 N–H and O–H groups in total. The number of carbonyl (C=O) groups is 2. The third-order valence-electron chi connectivity index (χ3n) is 5.05. The SMILES string of the molecule is CN(C)S(=O)(=O)c1ccc(OCCN2C(=O)NC(C)(c3ccc(C#N)cc3)C2=O)cc1. The molecule has 1 heterocycles. The number of ether oxygens (including phenoxy) is 1. The van der Waals surface area contributed by atoms with Crippen molar-refractivity contribution in [2.24, 2.45) is 0 Å². The van der Waals surface area contributed by atoms with Gasteiger partial charge in [0.2, 0.25) is 10.0 Å². The molecule has 10 heteroatoms. The summed E-state index contributed by atoms with van der Waals surface area (Å²) in [4.78, 5) is 26.5. The molecule has 1 aliphatic heterocycles. The molecule has 2 aromatic rings. The summed E-state index contributed by atoms with van der Waals surface area (Å²) in [6.07, 6.45) is 0. The number of amides is 3. The van der Waals surface area contributed by atoms with Crippen LogP contribution in [-0.2, 0) is 20.4 Å². The van der Waals surface area contributed by atoms with Crippen molar-refractivity contribution in [3.05, 3.63) is 59.7 Å². The lowest BCUT2D eigenvalue weighted by Gasteiger charge is -2.22. The van der Waals surface area contributed by atoms with E-state index >= 15 is 0 Å². The number of urea groups is 1. The third-order valence-corrected chi connectivity index (χ3v) is 6.88. The Bertz CT molecular complexity index is 1140. The predicted octanol–water partition coefficient (Wildman–Crippen LogP) is 1.65.